The first-order chi connectivity index (χ1) is 15.8. The van der Waals surface area contributed by atoms with Gasteiger partial charge in [-0.2, -0.15) is 0 Å². The second kappa shape index (κ2) is 12.7. The van der Waals surface area contributed by atoms with Crippen LogP contribution in [-0.4, -0.2) is 0 Å². The van der Waals surface area contributed by atoms with Crippen LogP contribution in [-0.2, 0) is 0 Å². The lowest BCUT2D eigenvalue weighted by Crippen LogP contribution is -2.39. The molecule has 12 unspecified atom stereocenters. The van der Waals surface area contributed by atoms with Gasteiger partial charge in [0.25, 0.3) is 0 Å². The lowest BCUT2D eigenvalue weighted by molar-refractivity contribution is 0.0215. The molecule has 0 saturated heterocycles. The lowest BCUT2D eigenvalue weighted by atomic mass is 9.58. The summed E-state index contributed by atoms with van der Waals surface area (Å²) in [6.07, 6.45) is 4.26. The maximum atomic E-state index is 2.59. The Morgan fingerprint density at radius 3 is 1.40 bits per heavy atom. The Hall–Kier alpha value is 0. The smallest absolute Gasteiger partial charge is 0.0252 e. The summed E-state index contributed by atoms with van der Waals surface area (Å²) in [5, 5.41) is 0. The van der Waals surface area contributed by atoms with Crippen molar-refractivity contribution in [2.24, 2.45) is 87.8 Å². The molecule has 12 atom stereocenters. The molecular weight excluding hydrogens is 420 g/mol. The Morgan fingerprint density at radius 1 is 0.571 bits per heavy atom. The maximum absolute atomic E-state index is 2.59. The lowest BCUT2D eigenvalue weighted by Gasteiger charge is -2.47. The fourth-order valence-electron chi connectivity index (χ4n) is 7.91. The zero-order valence-electron chi connectivity index (χ0n) is 27.6. The van der Waals surface area contributed by atoms with Crippen molar-refractivity contribution in [2.45, 2.75) is 137 Å². The highest BCUT2D eigenvalue weighted by atomic mass is 14.5. The van der Waals surface area contributed by atoms with E-state index < -0.39 is 0 Å². The summed E-state index contributed by atoms with van der Waals surface area (Å²) in [6, 6.07) is 0. The average Bonchev–Trinajstić information content (AvgIpc) is 3.55. The first-order valence-corrected chi connectivity index (χ1v) is 15.8. The van der Waals surface area contributed by atoms with E-state index >= 15 is 0 Å². The van der Waals surface area contributed by atoms with Crippen molar-refractivity contribution in [2.75, 3.05) is 0 Å². The Balaban J connectivity index is 2.70. The second-order valence-corrected chi connectivity index (χ2v) is 16.2. The zero-order chi connectivity index (χ0) is 27.6. The van der Waals surface area contributed by atoms with Gasteiger partial charge < -0.3 is 0 Å². The van der Waals surface area contributed by atoms with Crippen molar-refractivity contribution in [3.63, 3.8) is 0 Å². The van der Waals surface area contributed by atoms with Crippen molar-refractivity contribution in [3.05, 3.63) is 0 Å². The highest BCUT2D eigenvalue weighted by Gasteiger charge is 2.47. The van der Waals surface area contributed by atoms with Crippen molar-refractivity contribution < 1.29 is 0 Å². The molecule has 1 fully saturated rings. The summed E-state index contributed by atoms with van der Waals surface area (Å²) in [7, 11) is 0. The second-order valence-electron chi connectivity index (χ2n) is 16.2. The fraction of sp³-hybridized carbons (Fsp3) is 1.00. The van der Waals surface area contributed by atoms with Gasteiger partial charge >= 0.3 is 0 Å². The standard InChI is InChI=1S/C35H70/c1-21(2)25(7)26(8)27(9)28(10)29(11)30(12)31(13)33-19-32(33)24(6)18-23(5)20-35(17,22(3)4)34(14,15)16/h21-33H,18-20H2,1-17H3. The molecule has 0 spiro atoms. The van der Waals surface area contributed by atoms with Gasteiger partial charge in [0.2, 0.25) is 0 Å². The third-order valence-electron chi connectivity index (χ3n) is 12.9. The molecule has 1 rings (SSSR count). The van der Waals surface area contributed by atoms with Crippen LogP contribution < -0.4 is 0 Å². The molecule has 0 heterocycles. The molecule has 0 aromatic carbocycles. The molecular formula is C35H70. The normalized spacial score (nSPS) is 28.5. The van der Waals surface area contributed by atoms with Crippen molar-refractivity contribution in [1.29, 1.82) is 0 Å². The molecule has 0 aliphatic heterocycles. The van der Waals surface area contributed by atoms with Gasteiger partial charge in [0.05, 0.1) is 0 Å². The molecule has 0 radical (unpaired) electrons. The summed E-state index contributed by atoms with van der Waals surface area (Å²) in [5.74, 6) is 10.8. The molecule has 0 nitrogen and oxygen atoms in total. The summed E-state index contributed by atoms with van der Waals surface area (Å²) < 4.78 is 0. The molecule has 1 aliphatic carbocycles. The van der Waals surface area contributed by atoms with Crippen LogP contribution in [0, 0.1) is 87.8 Å². The Morgan fingerprint density at radius 2 is 1.00 bits per heavy atom. The van der Waals surface area contributed by atoms with Gasteiger partial charge in [0, 0.05) is 0 Å². The van der Waals surface area contributed by atoms with Crippen LogP contribution in [0.4, 0.5) is 0 Å². The van der Waals surface area contributed by atoms with E-state index in [4.69, 9.17) is 0 Å². The van der Waals surface area contributed by atoms with Gasteiger partial charge in [-0.3, -0.25) is 0 Å². The minimum absolute atomic E-state index is 0.360. The molecule has 0 heteroatoms. The van der Waals surface area contributed by atoms with E-state index in [0.717, 1.165) is 76.9 Å². The van der Waals surface area contributed by atoms with Gasteiger partial charge in [-0.15, -0.1) is 0 Å². The van der Waals surface area contributed by atoms with Crippen LogP contribution in [0.1, 0.15) is 137 Å². The molecule has 1 aliphatic rings. The van der Waals surface area contributed by atoms with Crippen LogP contribution in [0.25, 0.3) is 0 Å². The minimum atomic E-state index is 0.360. The average molecular weight is 491 g/mol. The largest absolute Gasteiger partial charge is 0.0625 e. The van der Waals surface area contributed by atoms with Crippen LogP contribution in [0.15, 0.2) is 0 Å². The van der Waals surface area contributed by atoms with Crippen LogP contribution in [0.5, 0.6) is 0 Å². The van der Waals surface area contributed by atoms with Crippen LogP contribution in [0.2, 0.25) is 0 Å². The van der Waals surface area contributed by atoms with Crippen LogP contribution in [0.3, 0.4) is 0 Å². The van der Waals surface area contributed by atoms with E-state index in [0.29, 0.717) is 10.8 Å². The van der Waals surface area contributed by atoms with Gasteiger partial charge in [-0.25, -0.2) is 0 Å². The molecule has 35 heavy (non-hydrogen) atoms. The monoisotopic (exact) mass is 491 g/mol. The van der Waals surface area contributed by atoms with Gasteiger partial charge in [-0.05, 0) is 107 Å². The van der Waals surface area contributed by atoms with E-state index in [-0.39, 0.29) is 0 Å². The van der Waals surface area contributed by atoms with E-state index in [1.165, 1.54) is 19.3 Å². The van der Waals surface area contributed by atoms with E-state index in [2.05, 4.69) is 118 Å². The van der Waals surface area contributed by atoms with E-state index in [1.807, 2.05) is 0 Å². The Labute approximate surface area is 224 Å². The third-order valence-corrected chi connectivity index (χ3v) is 12.9. The predicted octanol–water partition coefficient (Wildman–Crippen LogP) is 11.5. The molecule has 0 amide bonds. The highest BCUT2D eigenvalue weighted by molar-refractivity contribution is 4.97. The highest BCUT2D eigenvalue weighted by Crippen LogP contribution is 2.55. The summed E-state index contributed by atoms with van der Waals surface area (Å²) >= 11 is 0. The van der Waals surface area contributed by atoms with Crippen LogP contribution >= 0.6 is 0 Å². The topological polar surface area (TPSA) is 0 Å². The number of hydrogen-bond acceptors (Lipinski definition) is 0. The molecule has 1 saturated carbocycles. The Kier molecular flexibility index (Phi) is 12.0. The molecule has 0 bridgehead atoms. The van der Waals surface area contributed by atoms with E-state index in [1.54, 1.807) is 0 Å². The van der Waals surface area contributed by atoms with Gasteiger partial charge in [0.1, 0.15) is 0 Å². The van der Waals surface area contributed by atoms with Gasteiger partial charge in [-0.1, -0.05) is 118 Å². The van der Waals surface area contributed by atoms with E-state index in [9.17, 15) is 0 Å². The minimum Gasteiger partial charge on any atom is -0.0625 e. The van der Waals surface area contributed by atoms with Crippen molar-refractivity contribution in [3.8, 4) is 0 Å². The first kappa shape index (κ1) is 33.0. The number of hydrogen-bond donors (Lipinski definition) is 0. The molecule has 0 aromatic heterocycles. The van der Waals surface area contributed by atoms with Gasteiger partial charge in [0.15, 0.2) is 0 Å². The molecule has 210 valence electrons. The maximum Gasteiger partial charge on any atom is -0.0252 e. The molecule has 0 aromatic rings. The molecule has 0 N–H and O–H groups in total. The summed E-state index contributed by atoms with van der Waals surface area (Å²) in [6.45, 7) is 42.5. The SMILES string of the molecule is CC(CC(C)C1CC1C(C)C(C)C(C)C(C)C(C)C(C)C(C)C(C)C)CC(C)(C(C)C)C(C)(C)C. The summed E-state index contributed by atoms with van der Waals surface area (Å²) in [5.41, 5.74) is 0.766. The summed E-state index contributed by atoms with van der Waals surface area (Å²) in [4.78, 5) is 0. The predicted molar refractivity (Wildman–Crippen MR) is 161 cm³/mol. The fourth-order valence-corrected chi connectivity index (χ4v) is 7.91. The Bertz CT molecular complexity index is 608. The zero-order valence-corrected chi connectivity index (χ0v) is 27.6. The van der Waals surface area contributed by atoms with Crippen molar-refractivity contribution >= 4 is 0 Å². The number of rotatable bonds is 14. The third kappa shape index (κ3) is 7.99. The van der Waals surface area contributed by atoms with Crippen molar-refractivity contribution in [1.82, 2.24) is 0 Å². The first-order valence-electron chi connectivity index (χ1n) is 15.8. The quantitative estimate of drug-likeness (QED) is 0.227.